The Balaban J connectivity index is 2.15. The van der Waals surface area contributed by atoms with Gasteiger partial charge in [-0.1, -0.05) is 26.0 Å². The summed E-state index contributed by atoms with van der Waals surface area (Å²) in [5.74, 6) is 0.730. The van der Waals surface area contributed by atoms with Crippen molar-refractivity contribution in [3.63, 3.8) is 0 Å². The molecule has 120 valence electrons. The van der Waals surface area contributed by atoms with E-state index < -0.39 is 0 Å². The number of benzene rings is 1. The van der Waals surface area contributed by atoms with Crippen LogP contribution in [0.3, 0.4) is 0 Å². The van der Waals surface area contributed by atoms with Gasteiger partial charge in [0, 0.05) is 25.3 Å². The molecular formula is C17H23NO4. The average molecular weight is 305 g/mol. The number of carbonyl (C=O) groups is 1. The molecule has 1 heterocycles. The van der Waals surface area contributed by atoms with Crippen LogP contribution in [0.4, 0.5) is 0 Å². The largest absolute Gasteiger partial charge is 0.508 e. The Morgan fingerprint density at radius 2 is 2.14 bits per heavy atom. The number of hydrogen-bond acceptors (Lipinski definition) is 4. The van der Waals surface area contributed by atoms with Gasteiger partial charge in [0.25, 0.3) is 5.91 Å². The van der Waals surface area contributed by atoms with Gasteiger partial charge < -0.3 is 19.5 Å². The van der Waals surface area contributed by atoms with Crippen molar-refractivity contribution in [2.45, 2.75) is 19.9 Å². The van der Waals surface area contributed by atoms with Crippen LogP contribution in [0.2, 0.25) is 0 Å². The Bertz CT molecular complexity index is 554. The number of ether oxygens (including phenoxy) is 2. The maximum Gasteiger partial charge on any atom is 0.254 e. The number of methoxy groups -OCH3 is 1. The minimum absolute atomic E-state index is 0.0199. The lowest BCUT2D eigenvalue weighted by atomic mass is 10.0. The first-order valence-electron chi connectivity index (χ1n) is 7.46. The Morgan fingerprint density at radius 3 is 2.82 bits per heavy atom. The Kier molecular flexibility index (Phi) is 5.44. The van der Waals surface area contributed by atoms with E-state index in [-0.39, 0.29) is 17.7 Å². The van der Waals surface area contributed by atoms with Crippen LogP contribution in [0.1, 0.15) is 24.2 Å². The van der Waals surface area contributed by atoms with E-state index in [1.54, 1.807) is 18.1 Å². The van der Waals surface area contributed by atoms with E-state index in [0.29, 0.717) is 37.0 Å². The third-order valence-corrected chi connectivity index (χ3v) is 3.63. The molecule has 0 radical (unpaired) electrons. The highest BCUT2D eigenvalue weighted by molar-refractivity contribution is 5.95. The minimum Gasteiger partial charge on any atom is -0.508 e. The van der Waals surface area contributed by atoms with Crippen molar-refractivity contribution in [1.29, 1.82) is 0 Å². The van der Waals surface area contributed by atoms with Crippen molar-refractivity contribution < 1.29 is 19.4 Å². The van der Waals surface area contributed by atoms with Gasteiger partial charge in [-0.3, -0.25) is 4.79 Å². The molecule has 1 aliphatic heterocycles. The van der Waals surface area contributed by atoms with Gasteiger partial charge in [0.1, 0.15) is 18.1 Å². The molecule has 5 nitrogen and oxygen atoms in total. The van der Waals surface area contributed by atoms with E-state index in [9.17, 15) is 9.90 Å². The fourth-order valence-electron chi connectivity index (χ4n) is 2.54. The van der Waals surface area contributed by atoms with Crippen molar-refractivity contribution in [2.24, 2.45) is 5.92 Å². The number of hydrogen-bond donors (Lipinski definition) is 1. The van der Waals surface area contributed by atoms with Gasteiger partial charge in [-0.2, -0.15) is 0 Å². The van der Waals surface area contributed by atoms with Crippen LogP contribution in [0, 0.1) is 5.92 Å². The molecule has 0 saturated carbocycles. The molecule has 0 fully saturated rings. The predicted molar refractivity (Wildman–Crippen MR) is 84.3 cm³/mol. The number of nitrogens with zero attached hydrogens (tertiary/aromatic N) is 1. The molecule has 0 aliphatic carbocycles. The first-order chi connectivity index (χ1) is 10.5. The van der Waals surface area contributed by atoms with Crippen LogP contribution in [0.15, 0.2) is 30.4 Å². The Hall–Kier alpha value is -2.01. The quantitative estimate of drug-likeness (QED) is 0.648. The van der Waals surface area contributed by atoms with Gasteiger partial charge in [-0.05, 0) is 18.1 Å². The fourth-order valence-corrected chi connectivity index (χ4v) is 2.54. The second-order valence-corrected chi connectivity index (χ2v) is 5.68. The third kappa shape index (κ3) is 3.80. The summed E-state index contributed by atoms with van der Waals surface area (Å²) in [4.78, 5) is 14.5. The first-order valence-corrected chi connectivity index (χ1v) is 7.46. The molecular weight excluding hydrogens is 282 g/mol. The lowest BCUT2D eigenvalue weighted by Gasteiger charge is -2.27. The number of rotatable bonds is 6. The van der Waals surface area contributed by atoms with Crippen LogP contribution in [-0.4, -0.2) is 48.8 Å². The molecule has 5 heteroatoms. The molecule has 0 bridgehead atoms. The van der Waals surface area contributed by atoms with Crippen molar-refractivity contribution >= 4 is 5.91 Å². The summed E-state index contributed by atoms with van der Waals surface area (Å²) >= 11 is 0. The number of amides is 1. The van der Waals surface area contributed by atoms with E-state index in [4.69, 9.17) is 9.47 Å². The molecule has 1 N–H and O–H groups in total. The van der Waals surface area contributed by atoms with Gasteiger partial charge in [0.15, 0.2) is 0 Å². The summed E-state index contributed by atoms with van der Waals surface area (Å²) in [6.45, 7) is 5.58. The second kappa shape index (κ2) is 7.31. The van der Waals surface area contributed by atoms with Gasteiger partial charge in [-0.25, -0.2) is 0 Å². The molecule has 1 unspecified atom stereocenters. The fraction of sp³-hybridized carbons (Fsp3) is 0.471. The summed E-state index contributed by atoms with van der Waals surface area (Å²) in [5, 5.41) is 9.82. The van der Waals surface area contributed by atoms with Gasteiger partial charge >= 0.3 is 0 Å². The highest BCUT2D eigenvalue weighted by atomic mass is 16.5. The van der Waals surface area contributed by atoms with Crippen molar-refractivity contribution in [2.75, 3.05) is 26.9 Å². The molecule has 1 aromatic rings. The second-order valence-electron chi connectivity index (χ2n) is 5.68. The zero-order chi connectivity index (χ0) is 16.1. The highest BCUT2D eigenvalue weighted by Gasteiger charge is 2.28. The van der Waals surface area contributed by atoms with Gasteiger partial charge in [-0.15, -0.1) is 0 Å². The average Bonchev–Trinajstić information content (AvgIpc) is 2.96. The third-order valence-electron chi connectivity index (χ3n) is 3.63. The van der Waals surface area contributed by atoms with Crippen LogP contribution in [0.5, 0.6) is 11.5 Å². The molecule has 1 amide bonds. The Labute approximate surface area is 131 Å². The lowest BCUT2D eigenvalue weighted by molar-refractivity contribution is 0.0719. The topological polar surface area (TPSA) is 59.0 Å². The molecule has 0 saturated heterocycles. The SMILES string of the molecule is COCCOc1cc(O)cc(C(=O)N2CC=CC2C(C)C)c1. The number of phenolic OH excluding ortho intramolecular Hbond substituents is 1. The lowest BCUT2D eigenvalue weighted by Crippen LogP contribution is -2.39. The molecule has 1 atom stereocenters. The minimum atomic E-state index is -0.101. The van der Waals surface area contributed by atoms with Crippen molar-refractivity contribution in [3.8, 4) is 11.5 Å². The number of aromatic hydroxyl groups is 1. The van der Waals surface area contributed by atoms with Crippen LogP contribution < -0.4 is 4.74 Å². The Morgan fingerprint density at radius 1 is 1.36 bits per heavy atom. The number of phenols is 1. The van der Waals surface area contributed by atoms with E-state index in [1.165, 1.54) is 12.1 Å². The molecule has 2 rings (SSSR count). The molecule has 22 heavy (non-hydrogen) atoms. The summed E-state index contributed by atoms with van der Waals surface area (Å²) in [6.07, 6.45) is 4.06. The van der Waals surface area contributed by atoms with Crippen LogP contribution in [0.25, 0.3) is 0 Å². The van der Waals surface area contributed by atoms with Gasteiger partial charge in [0.05, 0.1) is 12.6 Å². The van der Waals surface area contributed by atoms with Crippen molar-refractivity contribution in [1.82, 2.24) is 4.90 Å². The van der Waals surface area contributed by atoms with Crippen LogP contribution >= 0.6 is 0 Å². The monoisotopic (exact) mass is 305 g/mol. The van der Waals surface area contributed by atoms with E-state index in [2.05, 4.69) is 19.9 Å². The first kappa shape index (κ1) is 16.4. The predicted octanol–water partition coefficient (Wildman–Crippen LogP) is 2.45. The molecule has 1 aliphatic rings. The smallest absolute Gasteiger partial charge is 0.254 e. The summed E-state index contributed by atoms with van der Waals surface area (Å²) in [7, 11) is 1.59. The molecule has 0 aromatic heterocycles. The number of carbonyl (C=O) groups excluding carboxylic acids is 1. The van der Waals surface area contributed by atoms with Crippen LogP contribution in [-0.2, 0) is 4.74 Å². The zero-order valence-electron chi connectivity index (χ0n) is 13.3. The summed E-state index contributed by atoms with van der Waals surface area (Å²) < 4.78 is 10.4. The van der Waals surface area contributed by atoms with E-state index in [1.807, 2.05) is 6.08 Å². The maximum absolute atomic E-state index is 12.7. The van der Waals surface area contributed by atoms with E-state index >= 15 is 0 Å². The van der Waals surface area contributed by atoms with Crippen molar-refractivity contribution in [3.05, 3.63) is 35.9 Å². The highest BCUT2D eigenvalue weighted by Crippen LogP contribution is 2.26. The normalized spacial score (nSPS) is 17.3. The zero-order valence-corrected chi connectivity index (χ0v) is 13.3. The standard InChI is InChI=1S/C17H23NO4/c1-12(2)16-5-4-6-18(16)17(20)13-9-14(19)11-15(10-13)22-8-7-21-3/h4-5,9-12,16,19H,6-8H2,1-3H3. The van der Waals surface area contributed by atoms with E-state index in [0.717, 1.165) is 0 Å². The summed E-state index contributed by atoms with van der Waals surface area (Å²) in [6, 6.07) is 4.72. The van der Waals surface area contributed by atoms with Gasteiger partial charge in [0.2, 0.25) is 0 Å². The molecule has 1 aromatic carbocycles. The molecule has 0 spiro atoms. The maximum atomic E-state index is 12.7. The summed E-state index contributed by atoms with van der Waals surface area (Å²) in [5.41, 5.74) is 0.432.